The molecule has 0 saturated carbocycles. The Morgan fingerprint density at radius 1 is 1.12 bits per heavy atom. The van der Waals surface area contributed by atoms with E-state index >= 15 is 0 Å². The van der Waals surface area contributed by atoms with Gasteiger partial charge < -0.3 is 16.0 Å². The van der Waals surface area contributed by atoms with Crippen LogP contribution in [-0.2, 0) is 10.2 Å². The summed E-state index contributed by atoms with van der Waals surface area (Å²) in [5, 5.41) is 9.47. The van der Waals surface area contributed by atoms with Gasteiger partial charge in [-0.2, -0.15) is 0 Å². The summed E-state index contributed by atoms with van der Waals surface area (Å²) in [4.78, 5) is 16.3. The van der Waals surface area contributed by atoms with Gasteiger partial charge in [0.2, 0.25) is 5.91 Å². The molecule has 1 amide bonds. The molecule has 5 nitrogen and oxygen atoms in total. The van der Waals surface area contributed by atoms with Gasteiger partial charge in [0.1, 0.15) is 6.54 Å². The number of aryl methyl sites for hydroxylation is 1. The summed E-state index contributed by atoms with van der Waals surface area (Å²) < 4.78 is 0. The molecular formula is C20H35IN4O. The van der Waals surface area contributed by atoms with Crippen molar-refractivity contribution in [1.29, 1.82) is 0 Å². The van der Waals surface area contributed by atoms with Gasteiger partial charge in [0.25, 0.3) is 0 Å². The number of carbonyl (C=O) groups is 1. The maximum Gasteiger partial charge on any atom is 0.242 e. The number of nitrogens with zero attached hydrogens (tertiary/aromatic N) is 1. The number of carbonyl (C=O) groups excluding carboxylic acids is 1. The predicted octanol–water partition coefficient (Wildman–Crippen LogP) is 3.36. The van der Waals surface area contributed by atoms with Crippen LogP contribution in [0.1, 0.15) is 52.7 Å². The Hall–Kier alpha value is -1.31. The van der Waals surface area contributed by atoms with Crippen LogP contribution in [0.15, 0.2) is 29.3 Å². The lowest BCUT2D eigenvalue weighted by molar-refractivity contribution is -0.121. The van der Waals surface area contributed by atoms with Crippen molar-refractivity contribution < 1.29 is 4.79 Å². The summed E-state index contributed by atoms with van der Waals surface area (Å²) in [6, 6.07) is 8.55. The van der Waals surface area contributed by atoms with Crippen molar-refractivity contribution in [3.05, 3.63) is 35.4 Å². The number of amides is 1. The molecule has 0 atom stereocenters. The van der Waals surface area contributed by atoms with E-state index in [4.69, 9.17) is 0 Å². The molecule has 1 aromatic rings. The molecule has 0 radical (unpaired) electrons. The van der Waals surface area contributed by atoms with Crippen molar-refractivity contribution >= 4 is 35.8 Å². The summed E-state index contributed by atoms with van der Waals surface area (Å²) in [6.45, 7) is 16.0. The monoisotopic (exact) mass is 474 g/mol. The maximum atomic E-state index is 12.0. The van der Waals surface area contributed by atoms with Crippen molar-refractivity contribution in [1.82, 2.24) is 16.0 Å². The Labute approximate surface area is 175 Å². The topological polar surface area (TPSA) is 65.5 Å². The highest BCUT2D eigenvalue weighted by Gasteiger charge is 2.21. The van der Waals surface area contributed by atoms with Crippen LogP contribution in [0.3, 0.4) is 0 Å². The number of benzene rings is 1. The Balaban J connectivity index is 0.00000625. The average molecular weight is 474 g/mol. The highest BCUT2D eigenvalue weighted by molar-refractivity contribution is 14.0. The van der Waals surface area contributed by atoms with E-state index in [1.165, 1.54) is 11.1 Å². The standard InChI is InChI=1S/C20H34N4O.HI/c1-8-21-18(22-13-17(25)24-19(3,4)5)23-14-20(6,7)16-11-9-10-15(2)12-16;/h9-12H,8,13-14H2,1-7H3,(H,24,25)(H2,21,22,23);1H. The van der Waals surface area contributed by atoms with Gasteiger partial charge in [-0.15, -0.1) is 24.0 Å². The lowest BCUT2D eigenvalue weighted by Crippen LogP contribution is -2.45. The summed E-state index contributed by atoms with van der Waals surface area (Å²) in [7, 11) is 0. The molecule has 0 aliphatic carbocycles. The summed E-state index contributed by atoms with van der Waals surface area (Å²) in [5.41, 5.74) is 2.24. The molecular weight excluding hydrogens is 439 g/mol. The number of halogens is 1. The zero-order chi connectivity index (χ0) is 19.1. The van der Waals surface area contributed by atoms with Crippen molar-refractivity contribution in [2.24, 2.45) is 4.99 Å². The normalized spacial score (nSPS) is 12.2. The van der Waals surface area contributed by atoms with Crippen LogP contribution in [0, 0.1) is 6.92 Å². The molecule has 0 aliphatic rings. The second-order valence-electron chi connectivity index (χ2n) is 8.10. The second-order valence-corrected chi connectivity index (χ2v) is 8.10. The molecule has 0 saturated heterocycles. The highest BCUT2D eigenvalue weighted by Crippen LogP contribution is 2.22. The van der Waals surface area contributed by atoms with Gasteiger partial charge in [-0.3, -0.25) is 4.79 Å². The molecule has 6 heteroatoms. The summed E-state index contributed by atoms with van der Waals surface area (Å²) in [5.74, 6) is 0.579. The maximum absolute atomic E-state index is 12.0. The van der Waals surface area contributed by atoms with E-state index in [9.17, 15) is 4.79 Å². The Kier molecular flexibility index (Phi) is 10.2. The number of guanidine groups is 1. The SMILES string of the molecule is CCNC(=NCC(=O)NC(C)(C)C)NCC(C)(C)c1cccc(C)c1.I. The van der Waals surface area contributed by atoms with Gasteiger partial charge in [-0.05, 0) is 40.2 Å². The van der Waals surface area contributed by atoms with Gasteiger partial charge in [0.15, 0.2) is 5.96 Å². The Bertz CT molecular complexity index is 606. The average Bonchev–Trinajstić information content (AvgIpc) is 2.48. The van der Waals surface area contributed by atoms with Crippen molar-refractivity contribution in [2.75, 3.05) is 19.6 Å². The second kappa shape index (κ2) is 10.7. The van der Waals surface area contributed by atoms with Gasteiger partial charge in [0, 0.05) is 24.0 Å². The van der Waals surface area contributed by atoms with Crippen LogP contribution in [0.25, 0.3) is 0 Å². The minimum Gasteiger partial charge on any atom is -0.357 e. The van der Waals surface area contributed by atoms with E-state index < -0.39 is 0 Å². The van der Waals surface area contributed by atoms with Gasteiger partial charge in [-0.1, -0.05) is 43.7 Å². The molecule has 0 bridgehead atoms. The van der Waals surface area contributed by atoms with Crippen LogP contribution in [-0.4, -0.2) is 37.0 Å². The first kappa shape index (κ1) is 24.7. The number of rotatable bonds is 6. The molecule has 148 valence electrons. The largest absolute Gasteiger partial charge is 0.357 e. The van der Waals surface area contributed by atoms with Crippen LogP contribution < -0.4 is 16.0 Å². The number of aliphatic imine (C=N–C) groups is 1. The lowest BCUT2D eigenvalue weighted by atomic mass is 9.84. The molecule has 3 N–H and O–H groups in total. The number of hydrogen-bond acceptors (Lipinski definition) is 2. The van der Waals surface area contributed by atoms with Crippen LogP contribution in [0.2, 0.25) is 0 Å². The van der Waals surface area contributed by atoms with E-state index in [1.807, 2.05) is 27.7 Å². The number of nitrogens with one attached hydrogen (secondary N) is 3. The van der Waals surface area contributed by atoms with Gasteiger partial charge in [-0.25, -0.2) is 4.99 Å². The van der Waals surface area contributed by atoms with E-state index in [0.29, 0.717) is 5.96 Å². The molecule has 0 fully saturated rings. The Morgan fingerprint density at radius 3 is 2.31 bits per heavy atom. The third-order valence-electron chi connectivity index (χ3n) is 3.74. The zero-order valence-electron chi connectivity index (χ0n) is 17.2. The molecule has 0 unspecified atom stereocenters. The zero-order valence-corrected chi connectivity index (χ0v) is 19.5. The van der Waals surface area contributed by atoms with Crippen LogP contribution >= 0.6 is 24.0 Å². The minimum absolute atomic E-state index is 0. The van der Waals surface area contributed by atoms with Crippen molar-refractivity contribution in [2.45, 2.75) is 59.4 Å². The first-order chi connectivity index (χ1) is 11.5. The number of hydrogen-bond donors (Lipinski definition) is 3. The molecule has 1 rings (SSSR count). The lowest BCUT2D eigenvalue weighted by Gasteiger charge is -2.27. The fraction of sp³-hybridized carbons (Fsp3) is 0.600. The third kappa shape index (κ3) is 9.40. The van der Waals surface area contributed by atoms with Crippen molar-refractivity contribution in [3.8, 4) is 0 Å². The van der Waals surface area contributed by atoms with E-state index in [0.717, 1.165) is 13.1 Å². The molecule has 0 spiro atoms. The first-order valence-corrected chi connectivity index (χ1v) is 8.94. The molecule has 0 aliphatic heterocycles. The van der Waals surface area contributed by atoms with Crippen LogP contribution in [0.5, 0.6) is 0 Å². The van der Waals surface area contributed by atoms with Gasteiger partial charge >= 0.3 is 0 Å². The third-order valence-corrected chi connectivity index (χ3v) is 3.74. The molecule has 0 aromatic heterocycles. The first-order valence-electron chi connectivity index (χ1n) is 8.94. The minimum atomic E-state index is -0.245. The fourth-order valence-electron chi connectivity index (χ4n) is 2.42. The van der Waals surface area contributed by atoms with E-state index in [1.54, 1.807) is 0 Å². The summed E-state index contributed by atoms with van der Waals surface area (Å²) >= 11 is 0. The predicted molar refractivity (Wildman–Crippen MR) is 121 cm³/mol. The highest BCUT2D eigenvalue weighted by atomic mass is 127. The summed E-state index contributed by atoms with van der Waals surface area (Å²) in [6.07, 6.45) is 0. The quantitative estimate of drug-likeness (QED) is 0.337. The van der Waals surface area contributed by atoms with E-state index in [2.05, 4.69) is 66.0 Å². The van der Waals surface area contributed by atoms with Crippen LogP contribution in [0.4, 0.5) is 0 Å². The molecule has 1 aromatic carbocycles. The molecule has 26 heavy (non-hydrogen) atoms. The van der Waals surface area contributed by atoms with E-state index in [-0.39, 0.29) is 47.4 Å². The smallest absolute Gasteiger partial charge is 0.242 e. The fourth-order valence-corrected chi connectivity index (χ4v) is 2.42. The van der Waals surface area contributed by atoms with Gasteiger partial charge in [0.05, 0.1) is 0 Å². The molecule has 0 heterocycles. The van der Waals surface area contributed by atoms with Crippen molar-refractivity contribution in [3.63, 3.8) is 0 Å². The Morgan fingerprint density at radius 2 is 1.77 bits per heavy atom.